The molecule has 12 atom stereocenters. The first-order valence-corrected chi connectivity index (χ1v) is 16.1. The van der Waals surface area contributed by atoms with Crippen molar-refractivity contribution in [1.29, 1.82) is 0 Å². The summed E-state index contributed by atoms with van der Waals surface area (Å²) in [6.45, 7) is 10.8. The molecule has 218 valence electrons. The Labute approximate surface area is 230 Å². The molecule has 5 rings (SSSR count). The van der Waals surface area contributed by atoms with Gasteiger partial charge >= 0.3 is 6.09 Å². The third-order valence-corrected chi connectivity index (χ3v) is 13.0. The number of hydrogen-bond donors (Lipinski definition) is 3. The first kappa shape index (κ1) is 28.7. The van der Waals surface area contributed by atoms with Crippen molar-refractivity contribution < 1.29 is 24.9 Å². The second kappa shape index (κ2) is 11.2. The molecule has 0 bridgehead atoms. The number of piperidine rings is 1. The van der Waals surface area contributed by atoms with Gasteiger partial charge in [-0.25, -0.2) is 4.79 Å². The highest BCUT2D eigenvalue weighted by Crippen LogP contribution is 2.69. The van der Waals surface area contributed by atoms with Crippen LogP contribution < -0.4 is 0 Å². The molecule has 0 spiro atoms. The first-order valence-electron chi connectivity index (χ1n) is 16.1. The highest BCUT2D eigenvalue weighted by atomic mass is 16.6. The van der Waals surface area contributed by atoms with E-state index < -0.39 is 0 Å². The lowest BCUT2D eigenvalue weighted by Gasteiger charge is -2.64. The Morgan fingerprint density at radius 3 is 2.47 bits per heavy atom. The number of carbonyl (C=O) groups is 1. The third kappa shape index (κ3) is 4.72. The number of hydrogen-bond acceptors (Lipinski definition) is 5. The van der Waals surface area contributed by atoms with Crippen LogP contribution in [0.25, 0.3) is 0 Å². The van der Waals surface area contributed by atoms with Crippen LogP contribution in [0.1, 0.15) is 105 Å². The maximum Gasteiger partial charge on any atom is 0.410 e. The number of aliphatic hydroxyl groups excluding tert-OH is 3. The highest BCUT2D eigenvalue weighted by Gasteiger charge is 2.64. The predicted molar refractivity (Wildman–Crippen MR) is 148 cm³/mol. The van der Waals surface area contributed by atoms with Crippen LogP contribution in [0.3, 0.4) is 0 Å². The number of ether oxygens (including phenoxy) is 1. The van der Waals surface area contributed by atoms with Crippen LogP contribution in [0, 0.1) is 52.3 Å². The van der Waals surface area contributed by atoms with E-state index in [1.54, 1.807) is 4.90 Å². The Morgan fingerprint density at radius 1 is 1.00 bits per heavy atom. The lowest BCUT2D eigenvalue weighted by molar-refractivity contribution is -0.203. The molecule has 1 amide bonds. The van der Waals surface area contributed by atoms with Crippen molar-refractivity contribution in [3.05, 3.63) is 0 Å². The van der Waals surface area contributed by atoms with Crippen molar-refractivity contribution in [3.8, 4) is 0 Å². The monoisotopic (exact) mass is 533 g/mol. The van der Waals surface area contributed by atoms with Gasteiger partial charge in [0.1, 0.15) is 0 Å². The molecule has 6 nitrogen and oxygen atoms in total. The van der Waals surface area contributed by atoms with E-state index >= 15 is 0 Å². The van der Waals surface area contributed by atoms with Crippen LogP contribution >= 0.6 is 0 Å². The second-order valence-electron chi connectivity index (χ2n) is 14.5. The van der Waals surface area contributed by atoms with Gasteiger partial charge in [-0.2, -0.15) is 0 Å². The van der Waals surface area contributed by atoms with Crippen molar-refractivity contribution in [1.82, 2.24) is 4.90 Å². The fourth-order valence-corrected chi connectivity index (χ4v) is 11.0. The predicted octanol–water partition coefficient (Wildman–Crippen LogP) is 5.62. The molecule has 38 heavy (non-hydrogen) atoms. The zero-order valence-electron chi connectivity index (χ0n) is 24.5. The van der Waals surface area contributed by atoms with E-state index in [9.17, 15) is 20.1 Å². The molecule has 0 radical (unpaired) electrons. The molecule has 1 unspecified atom stereocenters. The smallest absolute Gasteiger partial charge is 0.410 e. The van der Waals surface area contributed by atoms with Gasteiger partial charge in [-0.1, -0.05) is 34.1 Å². The Morgan fingerprint density at radius 2 is 1.74 bits per heavy atom. The van der Waals surface area contributed by atoms with E-state index in [2.05, 4.69) is 27.7 Å². The van der Waals surface area contributed by atoms with Crippen molar-refractivity contribution >= 4 is 6.09 Å². The summed E-state index contributed by atoms with van der Waals surface area (Å²) >= 11 is 0. The van der Waals surface area contributed by atoms with Gasteiger partial charge in [0, 0.05) is 6.54 Å². The van der Waals surface area contributed by atoms with E-state index in [0.29, 0.717) is 54.6 Å². The number of fused-ring (bicyclic) bond motifs is 5. The van der Waals surface area contributed by atoms with Crippen LogP contribution in [-0.2, 0) is 4.74 Å². The summed E-state index contributed by atoms with van der Waals surface area (Å²) in [5.41, 5.74) is 0.472. The molecule has 0 aromatic rings. The van der Waals surface area contributed by atoms with E-state index in [0.717, 1.165) is 51.4 Å². The summed E-state index contributed by atoms with van der Waals surface area (Å²) in [5.74, 6) is 3.30. The van der Waals surface area contributed by atoms with E-state index in [4.69, 9.17) is 4.74 Å². The van der Waals surface area contributed by atoms with E-state index in [1.807, 2.05) is 0 Å². The molecule has 0 aromatic heterocycles. The summed E-state index contributed by atoms with van der Waals surface area (Å²) in [6, 6.07) is -0.0962. The van der Waals surface area contributed by atoms with Crippen molar-refractivity contribution in [2.24, 2.45) is 52.3 Å². The lowest BCUT2D eigenvalue weighted by atomic mass is 9.41. The number of nitrogens with zero attached hydrogens (tertiary/aromatic N) is 1. The molecule has 3 N–H and O–H groups in total. The molecule has 1 aliphatic heterocycles. The van der Waals surface area contributed by atoms with Crippen molar-refractivity contribution in [3.63, 3.8) is 0 Å². The quantitative estimate of drug-likeness (QED) is 0.412. The third-order valence-electron chi connectivity index (χ3n) is 13.0. The minimum atomic E-state index is -0.261. The molecule has 5 fully saturated rings. The SMILES string of the molecule is CC[C@H]1[C@@H](O)[C@@H]2[C@H](CC[C@]3(C)[C@@H]([C@H](C)CCOC(=O)N4CCCCC4CO)CC[C@@H]23)[C@@]2(C)CC[C@@H](O)C[C@@H]12. The van der Waals surface area contributed by atoms with E-state index in [1.165, 1.54) is 25.7 Å². The maximum atomic E-state index is 12.7. The van der Waals surface area contributed by atoms with Crippen LogP contribution in [-0.4, -0.2) is 64.3 Å². The molecule has 4 aliphatic carbocycles. The van der Waals surface area contributed by atoms with Gasteiger partial charge in [-0.15, -0.1) is 0 Å². The van der Waals surface area contributed by atoms with Gasteiger partial charge in [0.2, 0.25) is 0 Å². The zero-order valence-corrected chi connectivity index (χ0v) is 24.5. The molecular formula is C32H55NO5. The second-order valence-corrected chi connectivity index (χ2v) is 14.5. The van der Waals surface area contributed by atoms with Crippen LogP contribution in [0.4, 0.5) is 4.79 Å². The summed E-state index contributed by atoms with van der Waals surface area (Å²) in [5, 5.41) is 32.1. The molecular weight excluding hydrogens is 478 g/mol. The molecule has 5 aliphatic rings. The fraction of sp³-hybridized carbons (Fsp3) is 0.969. The number of carbonyl (C=O) groups excluding carboxylic acids is 1. The van der Waals surface area contributed by atoms with Gasteiger partial charge < -0.3 is 25.0 Å². The summed E-state index contributed by atoms with van der Waals surface area (Å²) in [7, 11) is 0. The number of rotatable bonds is 6. The molecule has 1 saturated heterocycles. The number of likely N-dealkylation sites (tertiary alicyclic amines) is 1. The average molecular weight is 534 g/mol. The topological polar surface area (TPSA) is 90.2 Å². The number of aliphatic hydroxyl groups is 3. The normalized spacial score (nSPS) is 47.6. The van der Waals surface area contributed by atoms with Gasteiger partial charge in [0.05, 0.1) is 31.5 Å². The van der Waals surface area contributed by atoms with Gasteiger partial charge in [-0.3, -0.25) is 0 Å². The van der Waals surface area contributed by atoms with Crippen LogP contribution in [0.15, 0.2) is 0 Å². The van der Waals surface area contributed by atoms with Gasteiger partial charge in [-0.05, 0) is 123 Å². The summed E-state index contributed by atoms with van der Waals surface area (Å²) in [6.07, 6.45) is 11.8. The first-order chi connectivity index (χ1) is 18.2. The largest absolute Gasteiger partial charge is 0.449 e. The summed E-state index contributed by atoms with van der Waals surface area (Å²) < 4.78 is 5.74. The van der Waals surface area contributed by atoms with Crippen molar-refractivity contribution in [2.75, 3.05) is 19.8 Å². The van der Waals surface area contributed by atoms with Crippen LogP contribution in [0.2, 0.25) is 0 Å². The fourth-order valence-electron chi connectivity index (χ4n) is 11.0. The van der Waals surface area contributed by atoms with E-state index in [-0.39, 0.29) is 41.8 Å². The average Bonchev–Trinajstić information content (AvgIpc) is 3.27. The molecule has 0 aromatic carbocycles. The van der Waals surface area contributed by atoms with Crippen molar-refractivity contribution in [2.45, 2.75) is 123 Å². The molecule has 6 heteroatoms. The number of amides is 1. The minimum Gasteiger partial charge on any atom is -0.449 e. The van der Waals surface area contributed by atoms with Gasteiger partial charge in [0.25, 0.3) is 0 Å². The standard InChI is InChI=1S/C32H55NO5/c1-5-23-27-18-22(35)11-14-32(27,4)26-12-15-31(3)24(9-10-25(31)28(26)29(23)36)20(2)13-17-38-30(37)33-16-7-6-8-21(33)19-34/h20-29,34-36H,5-19H2,1-4H3/t20-,21?,22-,23-,24-,25+,26+,27+,28+,29-,31-,32-/m1/s1. The Balaban J connectivity index is 1.24. The zero-order chi connectivity index (χ0) is 27.2. The minimum absolute atomic E-state index is 0.0145. The lowest BCUT2D eigenvalue weighted by Crippen LogP contribution is -2.62. The Kier molecular flexibility index (Phi) is 8.45. The van der Waals surface area contributed by atoms with Crippen LogP contribution in [0.5, 0.6) is 0 Å². The Bertz CT molecular complexity index is 837. The molecule has 1 heterocycles. The maximum absolute atomic E-state index is 12.7. The highest BCUT2D eigenvalue weighted by molar-refractivity contribution is 5.68. The summed E-state index contributed by atoms with van der Waals surface area (Å²) in [4.78, 5) is 14.5. The molecule has 4 saturated carbocycles. The van der Waals surface area contributed by atoms with Gasteiger partial charge in [0.15, 0.2) is 0 Å². The Hall–Kier alpha value is -0.850.